The number of Topliss-reactive ketones (excluding diaryl/α,β-unsaturated/α-hetero) is 1. The molecule has 0 radical (unpaired) electrons. The number of nitro groups is 1. The summed E-state index contributed by atoms with van der Waals surface area (Å²) in [6.45, 7) is 0.244. The van der Waals surface area contributed by atoms with Crippen LogP contribution in [0.3, 0.4) is 0 Å². The van der Waals surface area contributed by atoms with Crippen molar-refractivity contribution in [3.05, 3.63) is 98.6 Å². The maximum atomic E-state index is 14.5. The first-order valence-electron chi connectivity index (χ1n) is 11.1. The smallest absolute Gasteiger partial charge is 0.288 e. The van der Waals surface area contributed by atoms with Gasteiger partial charge in [-0.15, -0.1) is 0 Å². The average molecular weight is 490 g/mol. The van der Waals surface area contributed by atoms with Gasteiger partial charge < -0.3 is 10.1 Å². The van der Waals surface area contributed by atoms with Gasteiger partial charge in [0.25, 0.3) is 11.6 Å². The van der Waals surface area contributed by atoms with Crippen LogP contribution in [-0.2, 0) is 10.3 Å². The lowest BCUT2D eigenvalue weighted by Crippen LogP contribution is -2.62. The monoisotopic (exact) mass is 489 g/mol. The van der Waals surface area contributed by atoms with Crippen LogP contribution in [0.1, 0.15) is 27.4 Å². The molecule has 0 aromatic heterocycles. The van der Waals surface area contributed by atoms with E-state index in [0.717, 1.165) is 0 Å². The zero-order valence-corrected chi connectivity index (χ0v) is 19.4. The summed E-state index contributed by atoms with van der Waals surface area (Å²) in [5.74, 6) is -0.664. The molecule has 8 nitrogen and oxygen atoms in total. The number of ketones is 1. The first kappa shape index (κ1) is 21.8. The minimum atomic E-state index is -1.38. The van der Waals surface area contributed by atoms with E-state index in [0.29, 0.717) is 34.7 Å². The number of likely N-dealkylation sites (tertiary alicyclic amines) is 1. The second-order valence-corrected chi connectivity index (χ2v) is 9.60. The highest BCUT2D eigenvalue weighted by Gasteiger charge is 2.75. The maximum Gasteiger partial charge on any atom is 0.288 e. The van der Waals surface area contributed by atoms with E-state index in [2.05, 4.69) is 5.32 Å². The van der Waals surface area contributed by atoms with Crippen molar-refractivity contribution in [1.29, 1.82) is 0 Å². The first-order valence-corrected chi connectivity index (χ1v) is 11.5. The average Bonchev–Trinajstić information content (AvgIpc) is 3.30. The van der Waals surface area contributed by atoms with Crippen LogP contribution in [0.2, 0.25) is 5.02 Å². The molecule has 0 aliphatic carbocycles. The molecule has 3 heterocycles. The topological polar surface area (TPSA) is 102 Å². The van der Waals surface area contributed by atoms with Crippen molar-refractivity contribution in [3.63, 3.8) is 0 Å². The fraction of sp³-hybridized carbons (Fsp3) is 0.231. The summed E-state index contributed by atoms with van der Waals surface area (Å²) in [7, 11) is 1.81. The number of likely N-dealkylation sites (N-methyl/N-ethyl adjacent to an activating group) is 1. The molecule has 3 aromatic rings. The number of anilines is 1. The number of rotatable bonds is 2. The van der Waals surface area contributed by atoms with Gasteiger partial charge in [0.15, 0.2) is 5.78 Å². The van der Waals surface area contributed by atoms with Crippen LogP contribution in [-0.4, -0.2) is 41.7 Å². The van der Waals surface area contributed by atoms with E-state index in [1.807, 2.05) is 36.2 Å². The molecular weight excluding hydrogens is 470 g/mol. The molecule has 1 N–H and O–H groups in total. The molecule has 35 heavy (non-hydrogen) atoms. The van der Waals surface area contributed by atoms with Gasteiger partial charge in [0, 0.05) is 29.8 Å². The van der Waals surface area contributed by atoms with Gasteiger partial charge in [-0.05, 0) is 36.9 Å². The van der Waals surface area contributed by atoms with E-state index >= 15 is 0 Å². The van der Waals surface area contributed by atoms with Crippen molar-refractivity contribution >= 4 is 34.7 Å². The third-order valence-electron chi connectivity index (χ3n) is 7.72. The number of para-hydroxylation sites is 2. The molecule has 9 heteroatoms. The van der Waals surface area contributed by atoms with Gasteiger partial charge in [0.1, 0.15) is 28.3 Å². The van der Waals surface area contributed by atoms with Gasteiger partial charge in [-0.1, -0.05) is 48.0 Å². The highest BCUT2D eigenvalue weighted by Crippen LogP contribution is 2.64. The van der Waals surface area contributed by atoms with Crippen molar-refractivity contribution in [3.8, 4) is 5.75 Å². The number of hydrogen-bond donors (Lipinski definition) is 1. The third kappa shape index (κ3) is 2.61. The molecule has 3 atom stereocenters. The van der Waals surface area contributed by atoms with E-state index < -0.39 is 21.8 Å². The van der Waals surface area contributed by atoms with Crippen LogP contribution < -0.4 is 10.1 Å². The SMILES string of the molecule is CN1C[C@H](c2ccc(Cl)c([N+](=O)[O-])c2)[C@]2(COc3ccccc3C2=O)[C@]12C(=O)Nc1ccccc12. The van der Waals surface area contributed by atoms with Crippen LogP contribution in [0.25, 0.3) is 0 Å². The number of fused-ring (bicyclic) bond motifs is 4. The van der Waals surface area contributed by atoms with Gasteiger partial charge in [0.2, 0.25) is 0 Å². The number of nitrogens with one attached hydrogen (secondary N) is 1. The van der Waals surface area contributed by atoms with E-state index in [-0.39, 0.29) is 29.0 Å². The highest BCUT2D eigenvalue weighted by molar-refractivity contribution is 6.32. The number of carbonyl (C=O) groups is 2. The summed E-state index contributed by atoms with van der Waals surface area (Å²) in [6.07, 6.45) is 0. The molecule has 0 saturated carbocycles. The molecule has 6 rings (SSSR count). The normalized spacial score (nSPS) is 27.0. The molecule has 1 amide bonds. The molecular formula is C26H20ClN3O5. The van der Waals surface area contributed by atoms with E-state index in [1.54, 1.807) is 30.3 Å². The predicted octanol–water partition coefficient (Wildman–Crippen LogP) is 4.39. The van der Waals surface area contributed by atoms with Gasteiger partial charge >= 0.3 is 0 Å². The van der Waals surface area contributed by atoms with E-state index in [4.69, 9.17) is 16.3 Å². The number of hydrogen-bond acceptors (Lipinski definition) is 6. The van der Waals surface area contributed by atoms with E-state index in [9.17, 15) is 19.7 Å². The minimum absolute atomic E-state index is 0.00869. The maximum absolute atomic E-state index is 14.5. The Morgan fingerprint density at radius 3 is 2.66 bits per heavy atom. The van der Waals surface area contributed by atoms with Gasteiger partial charge in [-0.3, -0.25) is 24.6 Å². The number of nitro benzene ring substituents is 1. The fourth-order valence-corrected chi connectivity index (χ4v) is 6.49. The molecule has 1 saturated heterocycles. The molecule has 3 aliphatic heterocycles. The zero-order valence-electron chi connectivity index (χ0n) is 18.7. The fourth-order valence-electron chi connectivity index (χ4n) is 6.31. The summed E-state index contributed by atoms with van der Waals surface area (Å²) < 4.78 is 6.20. The van der Waals surface area contributed by atoms with Gasteiger partial charge in [-0.2, -0.15) is 0 Å². The molecule has 2 spiro atoms. The van der Waals surface area contributed by atoms with Crippen LogP contribution in [0.4, 0.5) is 11.4 Å². The van der Waals surface area contributed by atoms with Gasteiger partial charge in [-0.25, -0.2) is 0 Å². The third-order valence-corrected chi connectivity index (χ3v) is 8.04. The van der Waals surface area contributed by atoms with Crippen molar-refractivity contribution in [2.24, 2.45) is 5.41 Å². The zero-order chi connectivity index (χ0) is 24.5. The Balaban J connectivity index is 1.66. The second-order valence-electron chi connectivity index (χ2n) is 9.20. The van der Waals surface area contributed by atoms with Crippen LogP contribution >= 0.6 is 11.6 Å². The molecule has 3 aliphatic rings. The number of carbonyl (C=O) groups excluding carboxylic acids is 2. The number of nitrogens with zero attached hydrogens (tertiary/aromatic N) is 2. The molecule has 0 unspecified atom stereocenters. The Morgan fingerprint density at radius 2 is 1.86 bits per heavy atom. The predicted molar refractivity (Wildman–Crippen MR) is 129 cm³/mol. The Kier molecular flexibility index (Phi) is 4.58. The lowest BCUT2D eigenvalue weighted by atomic mass is 9.57. The van der Waals surface area contributed by atoms with Crippen LogP contribution in [0, 0.1) is 15.5 Å². The van der Waals surface area contributed by atoms with Crippen LogP contribution in [0.5, 0.6) is 5.75 Å². The first-order chi connectivity index (χ1) is 16.8. The lowest BCUT2D eigenvalue weighted by molar-refractivity contribution is -0.384. The van der Waals surface area contributed by atoms with Crippen molar-refractivity contribution in [2.75, 3.05) is 25.5 Å². The Bertz CT molecular complexity index is 1440. The Labute approximate surface area is 205 Å². The number of benzene rings is 3. The standard InChI is InChI=1S/C26H20ClN3O5/c1-29-13-18(15-10-11-19(27)21(12-15)30(33)34)25(14-35-22-9-5-2-6-16(22)23(25)31)26(29)17-7-3-4-8-20(17)28-24(26)32/h2-12,18H,13-14H2,1H3,(H,28,32)/t18-,25+,26+/m1/s1. The summed E-state index contributed by atoms with van der Waals surface area (Å²) in [5.41, 5.74) is -0.726. The largest absolute Gasteiger partial charge is 0.492 e. The molecule has 0 bridgehead atoms. The summed E-state index contributed by atoms with van der Waals surface area (Å²) in [5, 5.41) is 14.6. The molecule has 176 valence electrons. The van der Waals surface area contributed by atoms with Crippen LogP contribution in [0.15, 0.2) is 66.7 Å². The lowest BCUT2D eigenvalue weighted by Gasteiger charge is -2.47. The quantitative estimate of drug-likeness (QED) is 0.423. The summed E-state index contributed by atoms with van der Waals surface area (Å²) >= 11 is 6.10. The Morgan fingerprint density at radius 1 is 1.11 bits per heavy atom. The number of amides is 1. The van der Waals surface area contributed by atoms with Crippen molar-refractivity contribution in [2.45, 2.75) is 11.5 Å². The molecule has 1 fully saturated rings. The van der Waals surface area contributed by atoms with Gasteiger partial charge in [0.05, 0.1) is 10.5 Å². The second kappa shape index (κ2) is 7.37. The number of ether oxygens (including phenoxy) is 1. The van der Waals surface area contributed by atoms with E-state index in [1.165, 1.54) is 12.1 Å². The highest BCUT2D eigenvalue weighted by atomic mass is 35.5. The van der Waals surface area contributed by atoms with Crippen molar-refractivity contribution < 1.29 is 19.2 Å². The molecule has 3 aromatic carbocycles. The Hall–Kier alpha value is -3.75. The summed E-state index contributed by atoms with van der Waals surface area (Å²) in [4.78, 5) is 41.4. The summed E-state index contributed by atoms with van der Waals surface area (Å²) in [6, 6.07) is 18.9. The minimum Gasteiger partial charge on any atom is -0.492 e. The number of halogens is 1. The van der Waals surface area contributed by atoms with Crippen molar-refractivity contribution in [1.82, 2.24) is 4.90 Å².